The molecule has 92 valence electrons. The van der Waals surface area contributed by atoms with Crippen LogP contribution in [0.5, 0.6) is 0 Å². The van der Waals surface area contributed by atoms with Gasteiger partial charge in [0.25, 0.3) is 0 Å². The van der Waals surface area contributed by atoms with Crippen molar-refractivity contribution in [1.82, 2.24) is 0 Å². The van der Waals surface area contributed by atoms with E-state index in [1.807, 2.05) is 13.8 Å². The van der Waals surface area contributed by atoms with Crippen LogP contribution in [0, 0.1) is 10.8 Å². The molecule has 0 fully saturated rings. The molecule has 0 spiro atoms. The van der Waals surface area contributed by atoms with Gasteiger partial charge in [0.2, 0.25) is 0 Å². The van der Waals surface area contributed by atoms with Crippen LogP contribution in [0.4, 0.5) is 0 Å². The van der Waals surface area contributed by atoms with E-state index in [0.29, 0.717) is 23.0 Å². The number of rotatable bonds is 3. The smallest absolute Gasteiger partial charge is 0.153 e. The van der Waals surface area contributed by atoms with Crippen LogP contribution in [-0.4, -0.2) is 18.2 Å². The van der Waals surface area contributed by atoms with Crippen molar-refractivity contribution < 1.29 is 0 Å². The highest BCUT2D eigenvalue weighted by Crippen LogP contribution is 2.14. The van der Waals surface area contributed by atoms with Crippen molar-refractivity contribution in [2.45, 2.75) is 13.8 Å². The Morgan fingerprint density at radius 3 is 2.35 bits per heavy atom. The third-order valence-electron chi connectivity index (χ3n) is 2.55. The van der Waals surface area contributed by atoms with Gasteiger partial charge < -0.3 is 11.5 Å². The van der Waals surface area contributed by atoms with Gasteiger partial charge in [-0.1, -0.05) is 25.4 Å². The van der Waals surface area contributed by atoms with E-state index in [9.17, 15) is 0 Å². The summed E-state index contributed by atoms with van der Waals surface area (Å²) in [5.41, 5.74) is 11.7. The van der Waals surface area contributed by atoms with Crippen molar-refractivity contribution in [1.29, 1.82) is 5.41 Å². The van der Waals surface area contributed by atoms with E-state index in [2.05, 4.69) is 4.99 Å². The Balaban J connectivity index is 2.92. The summed E-state index contributed by atoms with van der Waals surface area (Å²) in [7, 11) is 0. The summed E-state index contributed by atoms with van der Waals surface area (Å²) in [5, 5.41) is 8.46. The van der Waals surface area contributed by atoms with E-state index in [-0.39, 0.29) is 5.84 Å². The van der Waals surface area contributed by atoms with Crippen molar-refractivity contribution in [3.8, 4) is 0 Å². The van der Waals surface area contributed by atoms with Crippen molar-refractivity contribution >= 4 is 23.3 Å². The Morgan fingerprint density at radius 1 is 1.35 bits per heavy atom. The van der Waals surface area contributed by atoms with Gasteiger partial charge in [-0.25, -0.2) is 4.99 Å². The topological polar surface area (TPSA) is 88.2 Å². The van der Waals surface area contributed by atoms with E-state index in [1.54, 1.807) is 24.3 Å². The van der Waals surface area contributed by atoms with Crippen LogP contribution in [0.3, 0.4) is 0 Å². The molecule has 0 aliphatic heterocycles. The molecule has 0 aliphatic rings. The monoisotopic (exact) mass is 252 g/mol. The molecule has 0 bridgehead atoms. The molecule has 0 radical (unpaired) electrons. The van der Waals surface area contributed by atoms with E-state index in [1.165, 1.54) is 0 Å². The molecule has 5 heteroatoms. The largest absolute Gasteiger partial charge is 0.387 e. The predicted molar refractivity (Wildman–Crippen MR) is 72.7 cm³/mol. The van der Waals surface area contributed by atoms with Gasteiger partial charge in [-0.3, -0.25) is 5.41 Å². The highest BCUT2D eigenvalue weighted by Gasteiger charge is 2.21. The maximum atomic E-state index is 7.83. The van der Waals surface area contributed by atoms with Crippen molar-refractivity contribution in [2.75, 3.05) is 6.54 Å². The number of nitrogens with zero attached hydrogens (tertiary/aromatic N) is 1. The first-order valence-corrected chi connectivity index (χ1v) is 5.64. The molecule has 0 heterocycles. The van der Waals surface area contributed by atoms with Crippen LogP contribution >= 0.6 is 11.6 Å². The van der Waals surface area contributed by atoms with E-state index in [4.69, 9.17) is 28.5 Å². The summed E-state index contributed by atoms with van der Waals surface area (Å²) in [6.07, 6.45) is 0. The van der Waals surface area contributed by atoms with Crippen LogP contribution in [0.15, 0.2) is 29.3 Å². The summed E-state index contributed by atoms with van der Waals surface area (Å²) in [6.45, 7) is 4.16. The number of nitrogens with one attached hydrogen (secondary N) is 1. The summed E-state index contributed by atoms with van der Waals surface area (Å²) in [4.78, 5) is 4.07. The average molecular weight is 253 g/mol. The van der Waals surface area contributed by atoms with Crippen LogP contribution in [-0.2, 0) is 0 Å². The minimum absolute atomic E-state index is 0.112. The fraction of sp³-hybridized carbons (Fsp3) is 0.333. The molecule has 1 rings (SSSR count). The van der Waals surface area contributed by atoms with Gasteiger partial charge in [-0.05, 0) is 24.3 Å². The highest BCUT2D eigenvalue weighted by atomic mass is 35.5. The Hall–Kier alpha value is -1.39. The Bertz CT molecular complexity index is 434. The first kappa shape index (κ1) is 13.7. The number of aliphatic imine (C=N–C) groups is 1. The second-order valence-corrected chi connectivity index (χ2v) is 4.88. The van der Waals surface area contributed by atoms with Crippen LogP contribution in [0.2, 0.25) is 5.02 Å². The number of benzene rings is 1. The van der Waals surface area contributed by atoms with Crippen LogP contribution in [0.25, 0.3) is 0 Å². The third kappa shape index (κ3) is 3.54. The fourth-order valence-electron chi connectivity index (χ4n) is 1.05. The lowest BCUT2D eigenvalue weighted by Gasteiger charge is -2.21. The normalized spacial score (nSPS) is 12.6. The average Bonchev–Trinajstić information content (AvgIpc) is 2.29. The van der Waals surface area contributed by atoms with Gasteiger partial charge in [0.1, 0.15) is 5.84 Å². The lowest BCUT2D eigenvalue weighted by atomic mass is 9.92. The van der Waals surface area contributed by atoms with E-state index in [0.717, 1.165) is 0 Å². The molecule has 5 N–H and O–H groups in total. The standard InChI is InChI=1S/C12H17ClN4/c1-12(2,7-14)11(16)17-10(15)8-3-5-9(13)6-4-8/h3-6H,7,14H2,1-2H3,(H3,15,16,17). The van der Waals surface area contributed by atoms with Gasteiger partial charge in [-0.15, -0.1) is 0 Å². The van der Waals surface area contributed by atoms with Gasteiger partial charge in [-0.2, -0.15) is 0 Å². The summed E-state index contributed by atoms with van der Waals surface area (Å²) in [6, 6.07) is 6.89. The Kier molecular flexibility index (Phi) is 4.26. The first-order valence-electron chi connectivity index (χ1n) is 5.26. The minimum atomic E-state index is -0.404. The summed E-state index contributed by atoms with van der Waals surface area (Å²) < 4.78 is 0. The SMILES string of the molecule is CC(C)(CN)C(N)=NC(=N)c1ccc(Cl)cc1. The Morgan fingerprint density at radius 2 is 1.88 bits per heavy atom. The lowest BCUT2D eigenvalue weighted by molar-refractivity contribution is 0.533. The maximum absolute atomic E-state index is 7.83. The molecule has 0 aliphatic carbocycles. The molecule has 0 amide bonds. The highest BCUT2D eigenvalue weighted by molar-refractivity contribution is 6.30. The molecule has 1 aromatic rings. The first-order chi connectivity index (χ1) is 7.86. The number of hydrogen-bond acceptors (Lipinski definition) is 2. The summed E-state index contributed by atoms with van der Waals surface area (Å²) >= 11 is 5.77. The third-order valence-corrected chi connectivity index (χ3v) is 2.81. The van der Waals surface area contributed by atoms with Gasteiger partial charge in [0.15, 0.2) is 5.84 Å². The molecule has 1 aromatic carbocycles. The van der Waals surface area contributed by atoms with Gasteiger partial charge >= 0.3 is 0 Å². The number of halogens is 1. The van der Waals surface area contributed by atoms with Crippen LogP contribution < -0.4 is 11.5 Å². The molecule has 4 nitrogen and oxygen atoms in total. The number of hydrogen-bond donors (Lipinski definition) is 3. The molecular formula is C12H17ClN4. The van der Waals surface area contributed by atoms with Gasteiger partial charge in [0, 0.05) is 22.5 Å². The Labute approximate surface area is 106 Å². The zero-order valence-electron chi connectivity index (χ0n) is 10.00. The predicted octanol–water partition coefficient (Wildman–Crippen LogP) is 2.01. The van der Waals surface area contributed by atoms with Crippen LogP contribution in [0.1, 0.15) is 19.4 Å². The van der Waals surface area contributed by atoms with Gasteiger partial charge in [0.05, 0.1) is 0 Å². The van der Waals surface area contributed by atoms with Crippen molar-refractivity contribution in [2.24, 2.45) is 21.9 Å². The molecule has 0 saturated heterocycles. The molecule has 0 aromatic heterocycles. The lowest BCUT2D eigenvalue weighted by Crippen LogP contribution is -2.38. The maximum Gasteiger partial charge on any atom is 0.153 e. The molecular weight excluding hydrogens is 236 g/mol. The molecule has 0 saturated carbocycles. The van der Waals surface area contributed by atoms with Crippen molar-refractivity contribution in [3.05, 3.63) is 34.9 Å². The van der Waals surface area contributed by atoms with E-state index >= 15 is 0 Å². The number of nitrogens with two attached hydrogens (primary N) is 2. The molecule has 0 atom stereocenters. The zero-order chi connectivity index (χ0) is 13.1. The molecule has 0 unspecified atom stereocenters. The second kappa shape index (κ2) is 5.29. The van der Waals surface area contributed by atoms with Crippen molar-refractivity contribution in [3.63, 3.8) is 0 Å². The second-order valence-electron chi connectivity index (χ2n) is 4.44. The zero-order valence-corrected chi connectivity index (χ0v) is 10.8. The minimum Gasteiger partial charge on any atom is -0.387 e. The summed E-state index contributed by atoms with van der Waals surface area (Å²) in [5.74, 6) is 0.473. The molecule has 17 heavy (non-hydrogen) atoms. The van der Waals surface area contributed by atoms with E-state index < -0.39 is 5.41 Å². The number of amidine groups is 2. The fourth-order valence-corrected chi connectivity index (χ4v) is 1.17. The quantitative estimate of drug-likeness (QED) is 0.568.